The fraction of sp³-hybridized carbons (Fsp3) is 0.533. The largest absolute Gasteiger partial charge is 0.481 e. The maximum absolute atomic E-state index is 13.9. The molecule has 2 aromatic rings. The van der Waals surface area contributed by atoms with E-state index in [-0.39, 0.29) is 17.3 Å². The third-order valence-electron chi connectivity index (χ3n) is 8.89. The first-order valence-corrected chi connectivity index (χ1v) is 13.0. The summed E-state index contributed by atoms with van der Waals surface area (Å²) in [7, 11) is 1.57. The minimum atomic E-state index is -1.19. The number of fused-ring (bicyclic) bond motifs is 4. The van der Waals surface area contributed by atoms with Crippen LogP contribution in [0.1, 0.15) is 63.3 Å². The topological polar surface area (TPSA) is 88.9 Å². The summed E-state index contributed by atoms with van der Waals surface area (Å²) in [5.74, 6) is -0.0606. The molecule has 0 aliphatic heterocycles. The molecule has 1 unspecified atom stereocenters. The Morgan fingerprint density at radius 1 is 1.11 bits per heavy atom. The molecule has 0 amide bonds. The van der Waals surface area contributed by atoms with Gasteiger partial charge in [-0.05, 0) is 55.1 Å². The van der Waals surface area contributed by atoms with Crippen LogP contribution in [0.15, 0.2) is 54.1 Å². The van der Waals surface area contributed by atoms with Crippen LogP contribution in [0.3, 0.4) is 0 Å². The maximum Gasteiger partial charge on any atom is 0.319 e. The number of nitrogens with zero attached hydrogens (tertiary/aromatic N) is 1. The molecule has 1 aromatic carbocycles. The first-order chi connectivity index (χ1) is 17.2. The molecular weight excluding hydrogens is 454 g/mol. The zero-order chi connectivity index (χ0) is 25.7. The second-order valence-electron chi connectivity index (χ2n) is 11.4. The number of hydrogen-bond acceptors (Lipinski definition) is 6. The molecule has 1 heterocycles. The number of allylic oxidation sites excluding steroid dienone is 1. The Balaban J connectivity index is 1.38. The summed E-state index contributed by atoms with van der Waals surface area (Å²) in [6, 6.07) is 13.9. The number of carbonyl (C=O) groups excluding carboxylic acids is 1. The molecule has 6 heteroatoms. The predicted molar refractivity (Wildman–Crippen MR) is 137 cm³/mol. The molecule has 3 aliphatic carbocycles. The van der Waals surface area contributed by atoms with E-state index in [0.717, 1.165) is 23.3 Å². The van der Waals surface area contributed by atoms with Crippen molar-refractivity contribution in [2.45, 2.75) is 82.0 Å². The van der Waals surface area contributed by atoms with Crippen molar-refractivity contribution in [1.29, 1.82) is 0 Å². The Morgan fingerprint density at radius 2 is 1.86 bits per heavy atom. The molecule has 2 bridgehead atoms. The number of aliphatic hydroxyl groups is 2. The Morgan fingerprint density at radius 3 is 2.56 bits per heavy atom. The van der Waals surface area contributed by atoms with Gasteiger partial charge in [-0.2, -0.15) is 0 Å². The van der Waals surface area contributed by atoms with E-state index in [0.29, 0.717) is 31.6 Å². The molecule has 0 spiro atoms. The van der Waals surface area contributed by atoms with Crippen LogP contribution in [0.5, 0.6) is 5.88 Å². The first-order valence-electron chi connectivity index (χ1n) is 13.0. The number of hydrogen-bond donors (Lipinski definition) is 2. The third kappa shape index (κ3) is 4.04. The average molecular weight is 492 g/mol. The van der Waals surface area contributed by atoms with Gasteiger partial charge in [-0.25, -0.2) is 4.98 Å². The number of esters is 1. The van der Waals surface area contributed by atoms with Gasteiger partial charge in [-0.3, -0.25) is 4.79 Å². The van der Waals surface area contributed by atoms with Crippen molar-refractivity contribution in [3.63, 3.8) is 0 Å². The average Bonchev–Trinajstić information content (AvgIpc) is 2.85. The van der Waals surface area contributed by atoms with Crippen LogP contribution in [0.4, 0.5) is 0 Å². The van der Waals surface area contributed by atoms with E-state index in [4.69, 9.17) is 9.47 Å². The van der Waals surface area contributed by atoms with Gasteiger partial charge in [-0.15, -0.1) is 0 Å². The Kier molecular flexibility index (Phi) is 6.46. The van der Waals surface area contributed by atoms with Gasteiger partial charge in [0.25, 0.3) is 0 Å². The van der Waals surface area contributed by atoms with E-state index < -0.39 is 29.7 Å². The van der Waals surface area contributed by atoms with E-state index in [1.165, 1.54) is 5.56 Å². The molecule has 192 valence electrons. The van der Waals surface area contributed by atoms with Crippen molar-refractivity contribution >= 4 is 5.97 Å². The Bertz CT molecular complexity index is 1160. The van der Waals surface area contributed by atoms with Gasteiger partial charge in [0.15, 0.2) is 0 Å². The lowest BCUT2D eigenvalue weighted by atomic mass is 9.59. The van der Waals surface area contributed by atoms with Crippen molar-refractivity contribution in [1.82, 2.24) is 4.98 Å². The second-order valence-corrected chi connectivity index (χ2v) is 11.4. The number of ether oxygens (including phenoxy) is 2. The summed E-state index contributed by atoms with van der Waals surface area (Å²) >= 11 is 0. The number of carbonyl (C=O) groups is 1. The maximum atomic E-state index is 13.9. The zero-order valence-electron chi connectivity index (χ0n) is 21.6. The lowest BCUT2D eigenvalue weighted by molar-refractivity contribution is -0.169. The van der Waals surface area contributed by atoms with E-state index in [1.54, 1.807) is 13.2 Å². The minimum absolute atomic E-state index is 0.0647. The summed E-state index contributed by atoms with van der Waals surface area (Å²) in [4.78, 5) is 18.5. The molecule has 0 saturated heterocycles. The highest BCUT2D eigenvalue weighted by molar-refractivity contribution is 5.86. The lowest BCUT2D eigenvalue weighted by Crippen LogP contribution is -2.57. The smallest absolute Gasteiger partial charge is 0.319 e. The van der Waals surface area contributed by atoms with Crippen LogP contribution in [0.2, 0.25) is 0 Å². The van der Waals surface area contributed by atoms with E-state index in [1.807, 2.05) is 31.2 Å². The van der Waals surface area contributed by atoms with E-state index in [9.17, 15) is 15.0 Å². The van der Waals surface area contributed by atoms with Crippen molar-refractivity contribution in [3.8, 4) is 5.88 Å². The van der Waals surface area contributed by atoms with Gasteiger partial charge in [-0.1, -0.05) is 61.9 Å². The van der Waals surface area contributed by atoms with Crippen molar-refractivity contribution in [3.05, 3.63) is 70.9 Å². The van der Waals surface area contributed by atoms with Crippen LogP contribution in [-0.2, 0) is 26.8 Å². The number of rotatable bonds is 5. The van der Waals surface area contributed by atoms with E-state index in [2.05, 4.69) is 37.0 Å². The molecule has 6 nitrogen and oxygen atoms in total. The fourth-order valence-corrected chi connectivity index (χ4v) is 6.93. The Labute approximate surface area is 213 Å². The van der Waals surface area contributed by atoms with Gasteiger partial charge in [0, 0.05) is 24.1 Å². The molecule has 5 rings (SSSR count). The molecule has 1 fully saturated rings. The summed E-state index contributed by atoms with van der Waals surface area (Å²) in [5, 5.41) is 22.6. The lowest BCUT2D eigenvalue weighted by Gasteiger charge is -2.48. The fourth-order valence-electron chi connectivity index (χ4n) is 6.93. The minimum Gasteiger partial charge on any atom is -0.481 e. The summed E-state index contributed by atoms with van der Waals surface area (Å²) in [6.07, 6.45) is 2.98. The van der Waals surface area contributed by atoms with Crippen LogP contribution in [-0.4, -0.2) is 46.6 Å². The predicted octanol–water partition coefficient (Wildman–Crippen LogP) is 4.26. The van der Waals surface area contributed by atoms with E-state index >= 15 is 0 Å². The normalized spacial score (nSPS) is 31.7. The summed E-state index contributed by atoms with van der Waals surface area (Å²) in [6.45, 7) is 6.36. The van der Waals surface area contributed by atoms with Crippen molar-refractivity contribution in [2.75, 3.05) is 7.11 Å². The highest BCUT2D eigenvalue weighted by Gasteiger charge is 2.57. The van der Waals surface area contributed by atoms with Gasteiger partial charge in [0.1, 0.15) is 11.5 Å². The van der Waals surface area contributed by atoms with Gasteiger partial charge in [0.2, 0.25) is 5.88 Å². The molecule has 1 saturated carbocycles. The molecule has 36 heavy (non-hydrogen) atoms. The summed E-state index contributed by atoms with van der Waals surface area (Å²) in [5.41, 5.74) is 2.38. The molecule has 3 aliphatic rings. The van der Waals surface area contributed by atoms with Crippen LogP contribution in [0.25, 0.3) is 0 Å². The van der Waals surface area contributed by atoms with Gasteiger partial charge in [0.05, 0.1) is 19.3 Å². The molecule has 0 radical (unpaired) electrons. The van der Waals surface area contributed by atoms with Crippen molar-refractivity contribution in [2.24, 2.45) is 11.8 Å². The zero-order valence-corrected chi connectivity index (χ0v) is 21.6. The number of methoxy groups -OCH3 is 1. The Hall–Kier alpha value is -2.70. The first kappa shape index (κ1) is 25.0. The highest BCUT2D eigenvalue weighted by Crippen LogP contribution is 2.50. The molecule has 1 aromatic heterocycles. The number of benzene rings is 1. The molecule has 2 N–H and O–H groups in total. The number of pyridine rings is 1. The van der Waals surface area contributed by atoms with Crippen LogP contribution in [0, 0.1) is 11.8 Å². The quantitative estimate of drug-likeness (QED) is 0.480. The standard InChI is InChI=1S/C30H37NO5/c1-18-14-19-15-24-22(12-13-26(31-24)35-4)30(17-18,27(19)33)28(34)36-21-10-11-23(25(32)16-21)29(2,3)20-8-6-5-7-9-20/h5-9,12-14,19,21,23,25,27,32-33H,10-11,15-17H2,1-4H3/t19?,21-,23-,25-,27+,30+/m1/s1. The molecular formula is C30H37NO5. The second kappa shape index (κ2) is 9.31. The van der Waals surface area contributed by atoms with Gasteiger partial charge < -0.3 is 19.7 Å². The summed E-state index contributed by atoms with van der Waals surface area (Å²) < 4.78 is 11.4. The van der Waals surface area contributed by atoms with Crippen LogP contribution >= 0.6 is 0 Å². The number of aliphatic hydroxyl groups excluding tert-OH is 2. The van der Waals surface area contributed by atoms with Gasteiger partial charge >= 0.3 is 5.97 Å². The monoisotopic (exact) mass is 491 g/mol. The number of aromatic nitrogens is 1. The highest BCUT2D eigenvalue weighted by atomic mass is 16.5. The third-order valence-corrected chi connectivity index (χ3v) is 8.89. The SMILES string of the molecule is COc1ccc2c(n1)CC1C=C(C)C[C@@]2(C(=O)O[C@@H]2CC[C@@H](C(C)(C)c3ccccc3)[C@H](O)C2)[C@H]1O. The molecule has 6 atom stereocenters. The van der Waals surface area contributed by atoms with Crippen LogP contribution < -0.4 is 4.74 Å². The van der Waals surface area contributed by atoms with Crippen molar-refractivity contribution < 1.29 is 24.5 Å².